The monoisotopic (exact) mass is 235 g/mol. The number of allylic oxidation sites excluding steroid dienone is 1. The second kappa shape index (κ2) is 6.18. The summed E-state index contributed by atoms with van der Waals surface area (Å²) in [5, 5.41) is 8.90. The molecule has 1 saturated heterocycles. The molecule has 1 spiro atoms. The fourth-order valence-corrected chi connectivity index (χ4v) is 2.40. The number of nitriles is 1. The van der Waals surface area contributed by atoms with Gasteiger partial charge >= 0.3 is 0 Å². The van der Waals surface area contributed by atoms with Crippen LogP contribution in [-0.4, -0.2) is 48.6 Å². The Bertz CT molecular complexity index is 310. The van der Waals surface area contributed by atoms with E-state index in [0.29, 0.717) is 5.54 Å². The van der Waals surface area contributed by atoms with E-state index in [2.05, 4.69) is 22.9 Å². The van der Waals surface area contributed by atoms with Crippen molar-refractivity contribution in [2.24, 2.45) is 0 Å². The highest BCUT2D eigenvalue weighted by atomic mass is 15.3. The van der Waals surface area contributed by atoms with E-state index in [9.17, 15) is 0 Å². The molecule has 1 aliphatic carbocycles. The quantitative estimate of drug-likeness (QED) is 0.688. The topological polar surface area (TPSA) is 30.3 Å². The summed E-state index contributed by atoms with van der Waals surface area (Å²) < 4.78 is 0. The predicted molar refractivity (Wildman–Crippen MR) is 71.8 cm³/mol. The fourth-order valence-electron chi connectivity index (χ4n) is 2.40. The smallest absolute Gasteiger partial charge is 0.0957 e. The summed E-state index contributed by atoms with van der Waals surface area (Å²) in [6.45, 7) is 10.2. The van der Waals surface area contributed by atoms with Crippen molar-refractivity contribution in [1.82, 2.24) is 9.80 Å². The minimum Gasteiger partial charge on any atom is -0.298 e. The zero-order valence-electron chi connectivity index (χ0n) is 11.7. The number of hydrogen-bond acceptors (Lipinski definition) is 3. The van der Waals surface area contributed by atoms with Crippen LogP contribution in [-0.2, 0) is 0 Å². The minimum absolute atomic E-state index is 0.465. The molecule has 0 aromatic rings. The number of piperazine rings is 1. The Labute approximate surface area is 106 Å². The molecule has 0 amide bonds. The fraction of sp³-hybridized carbons (Fsp3) is 0.786. The third-order valence-electron chi connectivity index (χ3n) is 3.79. The first-order valence-corrected chi connectivity index (χ1v) is 6.69. The van der Waals surface area contributed by atoms with E-state index in [0.717, 1.165) is 31.8 Å². The van der Waals surface area contributed by atoms with Crippen LogP contribution in [0.3, 0.4) is 0 Å². The van der Waals surface area contributed by atoms with Crippen molar-refractivity contribution >= 4 is 0 Å². The van der Waals surface area contributed by atoms with Crippen LogP contribution in [0.15, 0.2) is 11.6 Å². The number of likely N-dealkylation sites (N-methyl/N-ethyl adjacent to an activating group) is 1. The van der Waals surface area contributed by atoms with E-state index in [1.807, 2.05) is 26.8 Å². The summed E-state index contributed by atoms with van der Waals surface area (Å²) in [4.78, 5) is 4.91. The largest absolute Gasteiger partial charge is 0.298 e. The molecular weight excluding hydrogens is 210 g/mol. The second-order valence-corrected chi connectivity index (χ2v) is 4.78. The molecule has 3 heteroatoms. The molecule has 0 atom stereocenters. The maximum absolute atomic E-state index is 8.90. The molecule has 2 fully saturated rings. The number of nitrogens with zero attached hydrogens (tertiary/aromatic N) is 3. The van der Waals surface area contributed by atoms with E-state index >= 15 is 0 Å². The van der Waals surface area contributed by atoms with E-state index in [1.165, 1.54) is 12.8 Å². The molecule has 2 rings (SSSR count). The molecule has 1 aliphatic heterocycles. The van der Waals surface area contributed by atoms with Crippen LogP contribution in [0.2, 0.25) is 0 Å². The van der Waals surface area contributed by atoms with Crippen molar-refractivity contribution in [2.45, 2.75) is 39.2 Å². The molecule has 2 aliphatic rings. The Hall–Kier alpha value is -0.850. The summed E-state index contributed by atoms with van der Waals surface area (Å²) in [6, 6.07) is 2.26. The lowest BCUT2D eigenvalue weighted by Crippen LogP contribution is -2.53. The maximum Gasteiger partial charge on any atom is 0.0957 e. The average molecular weight is 235 g/mol. The van der Waals surface area contributed by atoms with Gasteiger partial charge in [-0.2, -0.15) is 5.26 Å². The SMILES string of the molecule is C/C=C(\C#N)CN1CCN(C)C2(CC2)C1.CC. The van der Waals surface area contributed by atoms with E-state index in [4.69, 9.17) is 5.26 Å². The van der Waals surface area contributed by atoms with Crippen LogP contribution in [0.25, 0.3) is 0 Å². The number of hydrogen-bond donors (Lipinski definition) is 0. The zero-order chi connectivity index (χ0) is 12.9. The van der Waals surface area contributed by atoms with Crippen molar-refractivity contribution in [3.05, 3.63) is 11.6 Å². The average Bonchev–Trinajstić information content (AvgIpc) is 3.14. The molecule has 3 nitrogen and oxygen atoms in total. The molecule has 96 valence electrons. The van der Waals surface area contributed by atoms with Gasteiger partial charge in [0.2, 0.25) is 0 Å². The molecule has 0 radical (unpaired) electrons. The normalized spacial score (nSPS) is 23.8. The first-order valence-electron chi connectivity index (χ1n) is 6.69. The first-order chi connectivity index (χ1) is 8.20. The molecule has 1 heterocycles. The van der Waals surface area contributed by atoms with E-state index < -0.39 is 0 Å². The van der Waals surface area contributed by atoms with Crippen LogP contribution in [0.5, 0.6) is 0 Å². The van der Waals surface area contributed by atoms with Crippen molar-refractivity contribution in [3.8, 4) is 6.07 Å². The van der Waals surface area contributed by atoms with E-state index in [1.54, 1.807) is 0 Å². The highest BCUT2D eigenvalue weighted by Gasteiger charge is 2.49. The van der Waals surface area contributed by atoms with Gasteiger partial charge in [0, 0.05) is 37.3 Å². The van der Waals surface area contributed by atoms with Crippen LogP contribution in [0.1, 0.15) is 33.6 Å². The van der Waals surface area contributed by atoms with Crippen LogP contribution < -0.4 is 0 Å². The predicted octanol–water partition coefficient (Wildman–Crippen LogP) is 2.26. The van der Waals surface area contributed by atoms with Gasteiger partial charge in [-0.05, 0) is 26.8 Å². The van der Waals surface area contributed by atoms with Crippen LogP contribution >= 0.6 is 0 Å². The van der Waals surface area contributed by atoms with Crippen LogP contribution in [0, 0.1) is 11.3 Å². The first kappa shape index (κ1) is 14.2. The lowest BCUT2D eigenvalue weighted by atomic mass is 10.1. The molecule has 0 aromatic carbocycles. The Morgan fingerprint density at radius 2 is 2.00 bits per heavy atom. The maximum atomic E-state index is 8.90. The molecule has 0 aromatic heterocycles. The molecular formula is C14H25N3. The summed E-state index contributed by atoms with van der Waals surface area (Å²) in [7, 11) is 2.23. The molecule has 0 unspecified atom stereocenters. The lowest BCUT2D eigenvalue weighted by molar-refractivity contribution is 0.0875. The lowest BCUT2D eigenvalue weighted by Gasteiger charge is -2.40. The van der Waals surface area contributed by atoms with Gasteiger partial charge in [0.05, 0.1) is 6.07 Å². The van der Waals surface area contributed by atoms with Crippen molar-refractivity contribution in [1.29, 1.82) is 5.26 Å². The van der Waals surface area contributed by atoms with Gasteiger partial charge in [0.1, 0.15) is 0 Å². The Morgan fingerprint density at radius 3 is 2.47 bits per heavy atom. The zero-order valence-corrected chi connectivity index (χ0v) is 11.7. The van der Waals surface area contributed by atoms with Gasteiger partial charge in [-0.1, -0.05) is 19.9 Å². The molecule has 0 bridgehead atoms. The summed E-state index contributed by atoms with van der Waals surface area (Å²) in [5.74, 6) is 0. The minimum atomic E-state index is 0.465. The van der Waals surface area contributed by atoms with Gasteiger partial charge < -0.3 is 0 Å². The molecule has 1 saturated carbocycles. The van der Waals surface area contributed by atoms with Gasteiger partial charge in [0.25, 0.3) is 0 Å². The van der Waals surface area contributed by atoms with Gasteiger partial charge in [0.15, 0.2) is 0 Å². The third kappa shape index (κ3) is 3.31. The van der Waals surface area contributed by atoms with Crippen molar-refractivity contribution in [3.63, 3.8) is 0 Å². The Kier molecular flexibility index (Phi) is 5.17. The molecule has 17 heavy (non-hydrogen) atoms. The summed E-state index contributed by atoms with van der Waals surface area (Å²) >= 11 is 0. The second-order valence-electron chi connectivity index (χ2n) is 4.78. The summed E-state index contributed by atoms with van der Waals surface area (Å²) in [6.07, 6.45) is 4.59. The van der Waals surface area contributed by atoms with E-state index in [-0.39, 0.29) is 0 Å². The standard InChI is InChI=1S/C12H19N3.C2H6/c1-3-11(8-13)9-15-7-6-14(2)12(10-15)4-5-12;1-2/h3H,4-7,9-10H2,1-2H3;1-2H3/b11-3+;. The third-order valence-corrected chi connectivity index (χ3v) is 3.79. The molecule has 0 N–H and O–H groups in total. The Morgan fingerprint density at radius 1 is 1.35 bits per heavy atom. The van der Waals surface area contributed by atoms with Gasteiger partial charge in [-0.25, -0.2) is 0 Å². The summed E-state index contributed by atoms with van der Waals surface area (Å²) in [5.41, 5.74) is 1.36. The highest BCUT2D eigenvalue weighted by Crippen LogP contribution is 2.43. The van der Waals surface area contributed by atoms with Crippen LogP contribution in [0.4, 0.5) is 0 Å². The van der Waals surface area contributed by atoms with Gasteiger partial charge in [-0.15, -0.1) is 0 Å². The highest BCUT2D eigenvalue weighted by molar-refractivity contribution is 5.22. The Balaban J connectivity index is 0.000000686. The van der Waals surface area contributed by atoms with Crippen molar-refractivity contribution < 1.29 is 0 Å². The van der Waals surface area contributed by atoms with Gasteiger partial charge in [-0.3, -0.25) is 9.80 Å². The number of rotatable bonds is 2. The van der Waals surface area contributed by atoms with Crippen molar-refractivity contribution in [2.75, 3.05) is 33.2 Å².